The molecule has 1 unspecified atom stereocenters. The number of ether oxygens (including phenoxy) is 1. The van der Waals surface area contributed by atoms with Crippen LogP contribution in [0.1, 0.15) is 44.6 Å². The lowest BCUT2D eigenvalue weighted by molar-refractivity contribution is 0.116. The van der Waals surface area contributed by atoms with Gasteiger partial charge in [0.25, 0.3) is 0 Å². The van der Waals surface area contributed by atoms with E-state index >= 15 is 0 Å². The third-order valence-corrected chi connectivity index (χ3v) is 9.44. The Balaban J connectivity index is 1.63. The van der Waals surface area contributed by atoms with Crippen LogP contribution in [-0.4, -0.2) is 42.6 Å². The summed E-state index contributed by atoms with van der Waals surface area (Å²) in [5.74, 6) is 1.59. The van der Waals surface area contributed by atoms with E-state index in [2.05, 4.69) is 0 Å². The number of thiocarbonyl (C=S) groups is 1. The molecule has 0 bridgehead atoms. The Labute approximate surface area is 173 Å². The number of benzene rings is 1. The van der Waals surface area contributed by atoms with Crippen molar-refractivity contribution in [2.24, 2.45) is 11.3 Å². The summed E-state index contributed by atoms with van der Waals surface area (Å²) in [6, 6.07) is 7.17. The second-order valence-corrected chi connectivity index (χ2v) is 11.2. The Hall–Kier alpha value is -0.630. The van der Waals surface area contributed by atoms with Gasteiger partial charge in [-0.3, -0.25) is 0 Å². The van der Waals surface area contributed by atoms with Crippen LogP contribution in [0.3, 0.4) is 0 Å². The molecule has 3 rings (SSSR count). The molecule has 1 saturated carbocycles. The van der Waals surface area contributed by atoms with E-state index in [1.165, 1.54) is 19.3 Å². The first-order valence-electron chi connectivity index (χ1n) is 9.74. The fraction of sp³-hybridized carbons (Fsp3) is 0.650. The lowest BCUT2D eigenvalue weighted by atomic mass is 9.72. The molecule has 0 aromatic heterocycles. The Morgan fingerprint density at radius 2 is 1.93 bits per heavy atom. The summed E-state index contributed by atoms with van der Waals surface area (Å²) in [5, 5.41) is 0. The van der Waals surface area contributed by atoms with Crippen LogP contribution in [0.25, 0.3) is 0 Å². The van der Waals surface area contributed by atoms with Crippen LogP contribution < -0.4 is 0 Å². The lowest BCUT2D eigenvalue weighted by Crippen LogP contribution is -2.45. The van der Waals surface area contributed by atoms with Gasteiger partial charge in [-0.15, -0.1) is 0 Å². The fourth-order valence-electron chi connectivity index (χ4n) is 4.49. The molecule has 1 aliphatic carbocycles. The highest BCUT2D eigenvalue weighted by Crippen LogP contribution is 2.52. The van der Waals surface area contributed by atoms with Crippen molar-refractivity contribution < 1.29 is 13.2 Å². The predicted octanol–water partition coefficient (Wildman–Crippen LogP) is 4.62. The molecule has 7 heteroatoms. The molecule has 1 aromatic rings. The van der Waals surface area contributed by atoms with Gasteiger partial charge in [-0.1, -0.05) is 35.9 Å². The Kier molecular flexibility index (Phi) is 6.88. The number of nitrogens with zero attached hydrogens (tertiary/aromatic N) is 1. The maximum absolute atomic E-state index is 13.0. The molecular formula is C20H29NO3S3. The minimum Gasteiger partial charge on any atom is -0.479 e. The van der Waals surface area contributed by atoms with E-state index in [9.17, 15) is 8.42 Å². The van der Waals surface area contributed by atoms with Gasteiger partial charge >= 0.3 is 0 Å². The average Bonchev–Trinajstić information content (AvgIpc) is 3.03. The number of sulfonamides is 1. The molecule has 1 spiro atoms. The van der Waals surface area contributed by atoms with Crippen molar-refractivity contribution >= 4 is 38.4 Å². The minimum atomic E-state index is -3.39. The molecule has 0 radical (unpaired) electrons. The maximum atomic E-state index is 13.0. The van der Waals surface area contributed by atoms with Gasteiger partial charge < -0.3 is 4.74 Å². The number of thioether (sulfide) groups is 1. The molecule has 1 saturated heterocycles. The molecule has 27 heavy (non-hydrogen) atoms. The molecule has 1 heterocycles. The normalized spacial score (nSPS) is 22.8. The first kappa shape index (κ1) is 21.1. The quantitative estimate of drug-likeness (QED) is 0.642. The number of hydrogen-bond acceptors (Lipinski definition) is 5. The van der Waals surface area contributed by atoms with Crippen LogP contribution in [0.4, 0.5) is 0 Å². The Morgan fingerprint density at radius 1 is 1.26 bits per heavy atom. The SMILES string of the molecule is CCOC(=S)SCC1CCCC12CCN(S(=O)(=O)c1ccc(C)cc1)CC2. The summed E-state index contributed by atoms with van der Waals surface area (Å²) in [6.07, 6.45) is 5.55. The second kappa shape index (κ2) is 8.80. The third kappa shape index (κ3) is 4.69. The van der Waals surface area contributed by atoms with Crippen molar-refractivity contribution in [2.75, 3.05) is 25.4 Å². The average molecular weight is 428 g/mol. The molecule has 1 aliphatic heterocycles. The Bertz CT molecular complexity index is 753. The first-order valence-corrected chi connectivity index (χ1v) is 12.6. The van der Waals surface area contributed by atoms with Gasteiger partial charge in [0, 0.05) is 18.8 Å². The summed E-state index contributed by atoms with van der Waals surface area (Å²) in [6.45, 7) is 5.78. The molecule has 150 valence electrons. The topological polar surface area (TPSA) is 46.6 Å². The zero-order valence-electron chi connectivity index (χ0n) is 16.1. The maximum Gasteiger partial charge on any atom is 0.243 e. The predicted molar refractivity (Wildman–Crippen MR) is 116 cm³/mol. The fourth-order valence-corrected chi connectivity index (χ4v) is 7.31. The minimum absolute atomic E-state index is 0.272. The zero-order valence-corrected chi connectivity index (χ0v) is 18.6. The largest absolute Gasteiger partial charge is 0.479 e. The second-order valence-electron chi connectivity index (χ2n) is 7.66. The molecular weight excluding hydrogens is 398 g/mol. The summed E-state index contributed by atoms with van der Waals surface area (Å²) in [5.41, 5.74) is 1.34. The van der Waals surface area contributed by atoms with E-state index < -0.39 is 10.0 Å². The van der Waals surface area contributed by atoms with Crippen LogP contribution in [0, 0.1) is 18.3 Å². The highest BCUT2D eigenvalue weighted by Gasteiger charge is 2.46. The molecule has 0 amide bonds. The molecule has 4 nitrogen and oxygen atoms in total. The van der Waals surface area contributed by atoms with Gasteiger partial charge in [0.1, 0.15) is 0 Å². The number of piperidine rings is 1. The molecule has 1 aromatic carbocycles. The van der Waals surface area contributed by atoms with Crippen molar-refractivity contribution in [3.05, 3.63) is 29.8 Å². The van der Waals surface area contributed by atoms with E-state index in [0.717, 1.165) is 24.2 Å². The van der Waals surface area contributed by atoms with Crippen LogP contribution in [0.15, 0.2) is 29.2 Å². The summed E-state index contributed by atoms with van der Waals surface area (Å²) < 4.78 is 33.6. The standard InChI is InChI=1S/C20H29NO3S3/c1-3-24-19(25)26-15-17-5-4-10-20(17)11-13-21(14-12-20)27(22,23)18-8-6-16(2)7-9-18/h6-9,17H,3-5,10-15H2,1-2H3. The van der Waals surface area contributed by atoms with Gasteiger partial charge in [0.05, 0.1) is 11.5 Å². The van der Waals surface area contributed by atoms with Crippen molar-refractivity contribution in [2.45, 2.75) is 50.8 Å². The van der Waals surface area contributed by atoms with E-state index in [-0.39, 0.29) is 5.41 Å². The Morgan fingerprint density at radius 3 is 2.56 bits per heavy atom. The first-order chi connectivity index (χ1) is 12.9. The van der Waals surface area contributed by atoms with E-state index in [4.69, 9.17) is 17.0 Å². The third-order valence-electron chi connectivity index (χ3n) is 6.13. The van der Waals surface area contributed by atoms with Crippen molar-refractivity contribution in [3.8, 4) is 0 Å². The van der Waals surface area contributed by atoms with Crippen LogP contribution in [0.5, 0.6) is 0 Å². The molecule has 0 N–H and O–H groups in total. The van der Waals surface area contributed by atoms with Crippen molar-refractivity contribution in [1.29, 1.82) is 0 Å². The monoisotopic (exact) mass is 427 g/mol. The molecule has 2 aliphatic rings. The summed E-state index contributed by atoms with van der Waals surface area (Å²) in [7, 11) is -3.39. The van der Waals surface area contributed by atoms with Crippen molar-refractivity contribution in [1.82, 2.24) is 4.31 Å². The van der Waals surface area contributed by atoms with Crippen LogP contribution in [0.2, 0.25) is 0 Å². The summed E-state index contributed by atoms with van der Waals surface area (Å²) in [4.78, 5) is 0.407. The highest BCUT2D eigenvalue weighted by molar-refractivity contribution is 8.22. The van der Waals surface area contributed by atoms with E-state index in [0.29, 0.717) is 34.9 Å². The van der Waals surface area contributed by atoms with Gasteiger partial charge in [0.2, 0.25) is 14.4 Å². The molecule has 2 fully saturated rings. The van der Waals surface area contributed by atoms with E-state index in [1.807, 2.05) is 26.0 Å². The molecule has 1 atom stereocenters. The lowest BCUT2D eigenvalue weighted by Gasteiger charge is -2.42. The van der Waals surface area contributed by atoms with Gasteiger partial charge in [-0.25, -0.2) is 8.42 Å². The smallest absolute Gasteiger partial charge is 0.243 e. The number of hydrogen-bond donors (Lipinski definition) is 0. The summed E-state index contributed by atoms with van der Waals surface area (Å²) >= 11 is 6.91. The van der Waals surface area contributed by atoms with Crippen molar-refractivity contribution in [3.63, 3.8) is 0 Å². The van der Waals surface area contributed by atoms with Crippen LogP contribution in [-0.2, 0) is 14.8 Å². The van der Waals surface area contributed by atoms with Gasteiger partial charge in [0.15, 0.2) is 0 Å². The van der Waals surface area contributed by atoms with Crippen LogP contribution >= 0.6 is 24.0 Å². The van der Waals surface area contributed by atoms with Gasteiger partial charge in [-0.05, 0) is 75.2 Å². The zero-order chi connectivity index (χ0) is 19.5. The highest BCUT2D eigenvalue weighted by atomic mass is 32.2. The van der Waals surface area contributed by atoms with E-state index in [1.54, 1.807) is 28.2 Å². The number of rotatable bonds is 5. The number of aryl methyl sites for hydroxylation is 1. The van der Waals surface area contributed by atoms with Gasteiger partial charge in [-0.2, -0.15) is 4.31 Å².